The molecule has 0 spiro atoms. The number of nitrogens with one attached hydrogen (secondary N) is 2. The molecule has 0 radical (unpaired) electrons. The van der Waals surface area contributed by atoms with Crippen LogP contribution in [0.4, 0.5) is 0 Å². The van der Waals surface area contributed by atoms with E-state index in [4.69, 9.17) is 4.74 Å². The quantitative estimate of drug-likeness (QED) is 0.548. The second-order valence-electron chi connectivity index (χ2n) is 9.14. The van der Waals surface area contributed by atoms with E-state index in [9.17, 15) is 9.59 Å². The summed E-state index contributed by atoms with van der Waals surface area (Å²) in [6.45, 7) is 4.44. The highest BCUT2D eigenvalue weighted by atomic mass is 16.5. The number of rotatable bonds is 8. The van der Waals surface area contributed by atoms with Crippen LogP contribution in [0.5, 0.6) is 5.75 Å². The average Bonchev–Trinajstić information content (AvgIpc) is 3.34. The monoisotopic (exact) mass is 448 g/mol. The molecule has 7 nitrogen and oxygen atoms in total. The van der Waals surface area contributed by atoms with Gasteiger partial charge in [0.1, 0.15) is 5.75 Å². The first-order valence-corrected chi connectivity index (χ1v) is 11.4. The normalized spacial score (nSPS) is 17.9. The Morgan fingerprint density at radius 2 is 1.94 bits per heavy atom. The maximum Gasteiger partial charge on any atom is 0.222 e. The number of nitrogens with zero attached hydrogens (tertiary/aromatic N) is 2. The third-order valence-electron chi connectivity index (χ3n) is 6.88. The van der Waals surface area contributed by atoms with Gasteiger partial charge in [-0.25, -0.2) is 0 Å². The van der Waals surface area contributed by atoms with Crippen molar-refractivity contribution in [1.29, 1.82) is 0 Å². The van der Waals surface area contributed by atoms with Crippen molar-refractivity contribution in [1.82, 2.24) is 20.4 Å². The molecule has 2 heterocycles. The minimum absolute atomic E-state index is 0.0540. The number of amides is 2. The Bertz CT molecular complexity index is 1170. The van der Waals surface area contributed by atoms with Crippen LogP contribution < -0.4 is 10.1 Å². The molecule has 0 unspecified atom stereocenters. The fourth-order valence-corrected chi connectivity index (χ4v) is 4.88. The molecular formula is C26H32N4O3. The Balaban J connectivity index is 1.51. The summed E-state index contributed by atoms with van der Waals surface area (Å²) < 4.78 is 5.53. The van der Waals surface area contributed by atoms with Crippen molar-refractivity contribution in [3.8, 4) is 5.75 Å². The van der Waals surface area contributed by atoms with Crippen molar-refractivity contribution in [2.75, 3.05) is 14.2 Å². The Morgan fingerprint density at radius 1 is 1.18 bits per heavy atom. The summed E-state index contributed by atoms with van der Waals surface area (Å²) in [6.07, 6.45) is 2.88. The predicted molar refractivity (Wildman–Crippen MR) is 128 cm³/mol. The van der Waals surface area contributed by atoms with E-state index in [2.05, 4.69) is 33.7 Å². The number of carbonyl (C=O) groups is 2. The highest BCUT2D eigenvalue weighted by molar-refractivity contribution is 5.91. The topological polar surface area (TPSA) is 87.3 Å². The molecule has 1 fully saturated rings. The summed E-state index contributed by atoms with van der Waals surface area (Å²) in [4.78, 5) is 27.0. The molecule has 33 heavy (non-hydrogen) atoms. The van der Waals surface area contributed by atoms with Gasteiger partial charge >= 0.3 is 0 Å². The number of aromatic amines is 1. The maximum atomic E-state index is 13.0. The van der Waals surface area contributed by atoms with E-state index in [1.54, 1.807) is 12.0 Å². The Morgan fingerprint density at radius 3 is 2.58 bits per heavy atom. The summed E-state index contributed by atoms with van der Waals surface area (Å²) in [5.41, 5.74) is 3.68. The molecule has 4 rings (SSSR count). The Hall–Kier alpha value is -3.35. The molecule has 7 heteroatoms. The van der Waals surface area contributed by atoms with Gasteiger partial charge in [0, 0.05) is 48.6 Å². The lowest BCUT2D eigenvalue weighted by Crippen LogP contribution is -2.44. The number of fused-ring (bicyclic) bond motifs is 1. The first-order chi connectivity index (χ1) is 15.8. The van der Waals surface area contributed by atoms with Crippen LogP contribution in [-0.4, -0.2) is 46.6 Å². The molecule has 1 aliphatic rings. The lowest BCUT2D eigenvalue weighted by atomic mass is 9.83. The first kappa shape index (κ1) is 22.8. The van der Waals surface area contributed by atoms with E-state index in [0.717, 1.165) is 45.5 Å². The van der Waals surface area contributed by atoms with Gasteiger partial charge in [-0.1, -0.05) is 30.3 Å². The number of H-pyrrole nitrogens is 1. The molecule has 1 atom stereocenters. The van der Waals surface area contributed by atoms with Crippen molar-refractivity contribution in [2.45, 2.75) is 58.0 Å². The minimum Gasteiger partial charge on any atom is -0.496 e. The van der Waals surface area contributed by atoms with E-state index in [-0.39, 0.29) is 11.8 Å². The number of hydrogen-bond acceptors (Lipinski definition) is 4. The van der Waals surface area contributed by atoms with E-state index in [0.29, 0.717) is 32.2 Å². The van der Waals surface area contributed by atoms with Crippen molar-refractivity contribution >= 4 is 22.6 Å². The average molecular weight is 449 g/mol. The molecule has 0 saturated carbocycles. The summed E-state index contributed by atoms with van der Waals surface area (Å²) in [6, 6.07) is 12.2. The SMILES string of the molecule is COc1ccc(C[C@]2(CCC(=O)N(C)Cc3c(C)n[nH]c3C)CCC(=O)N2)c2ccccc12. The molecule has 2 N–H and O–H groups in total. The fraction of sp³-hybridized carbons (Fsp3) is 0.423. The Labute approximate surface area is 194 Å². The van der Waals surface area contributed by atoms with Gasteiger partial charge in [-0.2, -0.15) is 5.10 Å². The predicted octanol–water partition coefficient (Wildman–Crippen LogP) is 3.82. The van der Waals surface area contributed by atoms with E-state index >= 15 is 0 Å². The van der Waals surface area contributed by atoms with Crippen LogP contribution in [0.2, 0.25) is 0 Å². The van der Waals surface area contributed by atoms with Crippen LogP contribution in [-0.2, 0) is 22.6 Å². The molecule has 1 aliphatic heterocycles. The molecule has 2 amide bonds. The van der Waals surface area contributed by atoms with Crippen LogP contribution in [0.3, 0.4) is 0 Å². The lowest BCUT2D eigenvalue weighted by molar-refractivity contribution is -0.131. The number of benzene rings is 2. The van der Waals surface area contributed by atoms with Crippen molar-refractivity contribution < 1.29 is 14.3 Å². The molecule has 174 valence electrons. The summed E-state index contributed by atoms with van der Waals surface area (Å²) in [7, 11) is 3.50. The number of carbonyl (C=O) groups excluding carboxylic acids is 2. The number of aryl methyl sites for hydroxylation is 2. The summed E-state index contributed by atoms with van der Waals surface area (Å²) >= 11 is 0. The van der Waals surface area contributed by atoms with Gasteiger partial charge in [0.15, 0.2) is 0 Å². The molecular weight excluding hydrogens is 416 g/mol. The summed E-state index contributed by atoms with van der Waals surface area (Å²) in [5.74, 6) is 0.953. The van der Waals surface area contributed by atoms with Crippen LogP contribution in [0, 0.1) is 13.8 Å². The molecule has 2 aromatic carbocycles. The van der Waals surface area contributed by atoms with Crippen LogP contribution in [0.25, 0.3) is 10.8 Å². The van der Waals surface area contributed by atoms with Crippen LogP contribution in [0.1, 0.15) is 48.2 Å². The fourth-order valence-electron chi connectivity index (χ4n) is 4.88. The number of methoxy groups -OCH3 is 1. The van der Waals surface area contributed by atoms with Crippen molar-refractivity contribution in [2.24, 2.45) is 0 Å². The summed E-state index contributed by atoms with van der Waals surface area (Å²) in [5, 5.41) is 12.6. The number of hydrogen-bond donors (Lipinski definition) is 2. The lowest BCUT2D eigenvalue weighted by Gasteiger charge is -2.31. The van der Waals surface area contributed by atoms with Gasteiger partial charge in [0.25, 0.3) is 0 Å². The number of aromatic nitrogens is 2. The van der Waals surface area contributed by atoms with Crippen molar-refractivity contribution in [3.63, 3.8) is 0 Å². The van der Waals surface area contributed by atoms with Gasteiger partial charge in [-0.15, -0.1) is 0 Å². The van der Waals surface area contributed by atoms with E-state index in [1.165, 1.54) is 0 Å². The van der Waals surface area contributed by atoms with E-state index in [1.807, 2.05) is 39.1 Å². The molecule has 1 saturated heterocycles. The zero-order valence-corrected chi connectivity index (χ0v) is 19.8. The van der Waals surface area contributed by atoms with Gasteiger partial charge in [-0.3, -0.25) is 14.7 Å². The minimum atomic E-state index is -0.424. The zero-order chi connectivity index (χ0) is 23.6. The maximum absolute atomic E-state index is 13.0. The second kappa shape index (κ2) is 9.25. The first-order valence-electron chi connectivity index (χ1n) is 11.4. The highest BCUT2D eigenvalue weighted by Gasteiger charge is 2.38. The molecule has 0 aliphatic carbocycles. The molecule has 0 bridgehead atoms. The third kappa shape index (κ3) is 4.72. The van der Waals surface area contributed by atoms with Gasteiger partial charge in [0.2, 0.25) is 11.8 Å². The van der Waals surface area contributed by atoms with Gasteiger partial charge < -0.3 is 15.0 Å². The largest absolute Gasteiger partial charge is 0.496 e. The van der Waals surface area contributed by atoms with Crippen LogP contribution in [0.15, 0.2) is 36.4 Å². The zero-order valence-electron chi connectivity index (χ0n) is 19.8. The van der Waals surface area contributed by atoms with Crippen LogP contribution >= 0.6 is 0 Å². The molecule has 1 aromatic heterocycles. The van der Waals surface area contributed by atoms with Gasteiger partial charge in [0.05, 0.1) is 12.8 Å². The molecule has 3 aromatic rings. The second-order valence-corrected chi connectivity index (χ2v) is 9.14. The number of ether oxygens (including phenoxy) is 1. The highest BCUT2D eigenvalue weighted by Crippen LogP contribution is 2.35. The standard InChI is InChI=1S/C26H32N4O3/c1-17-22(18(2)29-28-17)16-30(3)25(32)12-14-26(13-11-24(31)27-26)15-19-9-10-23(33-4)21-8-6-5-7-20(19)21/h5-10H,11-16H2,1-4H3,(H,27,31)(H,28,29)/t26-/m1/s1. The smallest absolute Gasteiger partial charge is 0.222 e. The van der Waals surface area contributed by atoms with Gasteiger partial charge in [-0.05, 0) is 50.1 Å². The van der Waals surface area contributed by atoms with E-state index < -0.39 is 5.54 Å². The third-order valence-corrected chi connectivity index (χ3v) is 6.88. The Kier molecular flexibility index (Phi) is 6.40. The van der Waals surface area contributed by atoms with Crippen molar-refractivity contribution in [3.05, 3.63) is 58.9 Å².